The Morgan fingerprint density at radius 3 is 2.66 bits per heavy atom. The van der Waals surface area contributed by atoms with E-state index in [9.17, 15) is 13.2 Å². The Kier molecular flexibility index (Phi) is 5.72. The van der Waals surface area contributed by atoms with Crippen LogP contribution in [0.4, 0.5) is 13.2 Å². The molecule has 1 aliphatic carbocycles. The van der Waals surface area contributed by atoms with Gasteiger partial charge >= 0.3 is 6.18 Å². The third kappa shape index (κ3) is 4.54. The molecular formula is C23H24ClF3N2O3. The van der Waals surface area contributed by atoms with Crippen LogP contribution in [-0.4, -0.2) is 47.6 Å². The molecule has 0 unspecified atom stereocenters. The molecule has 3 aliphatic rings. The second-order valence-electron chi connectivity index (χ2n) is 8.65. The Balaban J connectivity index is 1.30. The minimum Gasteiger partial charge on any atom is -0.468 e. The van der Waals surface area contributed by atoms with Gasteiger partial charge in [-0.2, -0.15) is 13.2 Å². The van der Waals surface area contributed by atoms with Crippen LogP contribution >= 0.6 is 11.6 Å². The Morgan fingerprint density at radius 2 is 1.97 bits per heavy atom. The zero-order valence-electron chi connectivity index (χ0n) is 17.5. The van der Waals surface area contributed by atoms with Crippen molar-refractivity contribution in [2.45, 2.75) is 56.7 Å². The third-order valence-corrected chi connectivity index (χ3v) is 6.82. The second kappa shape index (κ2) is 8.39. The van der Waals surface area contributed by atoms with E-state index in [0.717, 1.165) is 48.8 Å². The van der Waals surface area contributed by atoms with Gasteiger partial charge in [0.15, 0.2) is 6.61 Å². The first kappa shape index (κ1) is 21.8. The van der Waals surface area contributed by atoms with Crippen molar-refractivity contribution in [3.63, 3.8) is 0 Å². The standard InChI is InChI=1S/C23H24ClF3N2O3/c24-19-12-28-21(30-14-23(25,26)27)11-18(19)15-4-5-20-16(10-15)13-31-22(32-20)6-8-29(9-7-22)17-2-1-3-17/h4-5,10-12,17H,1-3,6-9,13-14H2. The van der Waals surface area contributed by atoms with E-state index in [-0.39, 0.29) is 5.88 Å². The maximum atomic E-state index is 12.5. The van der Waals surface area contributed by atoms with Crippen LogP contribution in [0.5, 0.6) is 11.6 Å². The third-order valence-electron chi connectivity index (χ3n) is 6.52. The van der Waals surface area contributed by atoms with Gasteiger partial charge in [-0.3, -0.25) is 4.90 Å². The van der Waals surface area contributed by atoms with E-state index in [2.05, 4.69) is 9.88 Å². The normalized spacial score (nSPS) is 21.0. The lowest BCUT2D eigenvalue weighted by Gasteiger charge is -2.47. The molecule has 3 heterocycles. The molecule has 2 aromatic rings. The number of pyridine rings is 1. The summed E-state index contributed by atoms with van der Waals surface area (Å²) < 4.78 is 54.6. The number of halogens is 4. The smallest absolute Gasteiger partial charge is 0.422 e. The highest BCUT2D eigenvalue weighted by molar-refractivity contribution is 6.33. The number of aromatic nitrogens is 1. The molecule has 1 aromatic heterocycles. The number of benzene rings is 1. The number of likely N-dealkylation sites (tertiary alicyclic amines) is 1. The summed E-state index contributed by atoms with van der Waals surface area (Å²) in [5.74, 6) is 0.0572. The molecule has 0 N–H and O–H groups in total. The molecule has 5 rings (SSSR count). The fraction of sp³-hybridized carbons (Fsp3) is 0.522. The number of alkyl halides is 3. The Labute approximate surface area is 189 Å². The Morgan fingerprint density at radius 1 is 1.19 bits per heavy atom. The topological polar surface area (TPSA) is 43.8 Å². The number of piperidine rings is 1. The van der Waals surface area contributed by atoms with Crippen LogP contribution in [0.2, 0.25) is 5.02 Å². The maximum Gasteiger partial charge on any atom is 0.422 e. The predicted molar refractivity (Wildman–Crippen MR) is 113 cm³/mol. The van der Waals surface area contributed by atoms with Gasteiger partial charge in [-0.05, 0) is 30.5 Å². The summed E-state index contributed by atoms with van der Waals surface area (Å²) in [6, 6.07) is 7.75. The van der Waals surface area contributed by atoms with Gasteiger partial charge in [0.25, 0.3) is 0 Å². The number of fused-ring (bicyclic) bond motifs is 1. The van der Waals surface area contributed by atoms with E-state index < -0.39 is 18.6 Å². The zero-order chi connectivity index (χ0) is 22.3. The van der Waals surface area contributed by atoms with E-state index in [0.29, 0.717) is 17.2 Å². The highest BCUT2D eigenvalue weighted by atomic mass is 35.5. The van der Waals surface area contributed by atoms with Crippen LogP contribution in [0.15, 0.2) is 30.5 Å². The summed E-state index contributed by atoms with van der Waals surface area (Å²) in [4.78, 5) is 6.38. The van der Waals surface area contributed by atoms with Crippen molar-refractivity contribution < 1.29 is 27.4 Å². The van der Waals surface area contributed by atoms with Gasteiger partial charge < -0.3 is 14.2 Å². The fourth-order valence-electron chi connectivity index (χ4n) is 4.50. The summed E-state index contributed by atoms with van der Waals surface area (Å²) in [5.41, 5.74) is 2.15. The first-order valence-electron chi connectivity index (χ1n) is 10.9. The lowest BCUT2D eigenvalue weighted by atomic mass is 9.89. The lowest BCUT2D eigenvalue weighted by Crippen LogP contribution is -2.54. The van der Waals surface area contributed by atoms with E-state index in [4.69, 9.17) is 25.8 Å². The molecule has 1 aromatic carbocycles. The average molecular weight is 469 g/mol. The first-order chi connectivity index (χ1) is 15.3. The van der Waals surface area contributed by atoms with Gasteiger partial charge in [-0.1, -0.05) is 24.1 Å². The number of hydrogen-bond acceptors (Lipinski definition) is 5. The van der Waals surface area contributed by atoms with E-state index in [1.54, 1.807) is 0 Å². The summed E-state index contributed by atoms with van der Waals surface area (Å²) in [6.07, 6.45) is 2.43. The quantitative estimate of drug-likeness (QED) is 0.584. The lowest BCUT2D eigenvalue weighted by molar-refractivity contribution is -0.231. The van der Waals surface area contributed by atoms with E-state index in [1.165, 1.54) is 31.5 Å². The Bertz CT molecular complexity index is 989. The minimum absolute atomic E-state index is 0.135. The van der Waals surface area contributed by atoms with Crippen molar-refractivity contribution in [3.05, 3.63) is 41.0 Å². The van der Waals surface area contributed by atoms with Crippen LogP contribution in [-0.2, 0) is 11.3 Å². The molecule has 9 heteroatoms. The van der Waals surface area contributed by atoms with Gasteiger partial charge in [0.05, 0.1) is 17.8 Å². The molecule has 1 saturated heterocycles. The number of nitrogens with zero attached hydrogens (tertiary/aromatic N) is 2. The molecule has 0 bridgehead atoms. The van der Waals surface area contributed by atoms with Crippen molar-refractivity contribution in [3.8, 4) is 22.8 Å². The molecule has 172 valence electrons. The summed E-state index contributed by atoms with van der Waals surface area (Å²) in [7, 11) is 0. The molecule has 1 spiro atoms. The summed E-state index contributed by atoms with van der Waals surface area (Å²) in [5, 5.41) is 0.321. The van der Waals surface area contributed by atoms with Gasteiger partial charge in [0.1, 0.15) is 5.75 Å². The monoisotopic (exact) mass is 468 g/mol. The summed E-state index contributed by atoms with van der Waals surface area (Å²) in [6.45, 7) is 0.955. The van der Waals surface area contributed by atoms with Gasteiger partial charge in [0, 0.05) is 49.2 Å². The van der Waals surface area contributed by atoms with Crippen molar-refractivity contribution in [1.82, 2.24) is 9.88 Å². The number of ether oxygens (including phenoxy) is 3. The molecule has 5 nitrogen and oxygen atoms in total. The van der Waals surface area contributed by atoms with Crippen molar-refractivity contribution >= 4 is 11.6 Å². The van der Waals surface area contributed by atoms with E-state index in [1.807, 2.05) is 18.2 Å². The minimum atomic E-state index is -4.44. The van der Waals surface area contributed by atoms with Crippen LogP contribution in [0.3, 0.4) is 0 Å². The average Bonchev–Trinajstić information content (AvgIpc) is 2.73. The number of hydrogen-bond donors (Lipinski definition) is 0. The predicted octanol–water partition coefficient (Wildman–Crippen LogP) is 5.60. The molecular weight excluding hydrogens is 445 g/mol. The molecule has 32 heavy (non-hydrogen) atoms. The largest absolute Gasteiger partial charge is 0.468 e. The molecule has 0 atom stereocenters. The van der Waals surface area contributed by atoms with E-state index >= 15 is 0 Å². The van der Waals surface area contributed by atoms with Crippen LogP contribution < -0.4 is 9.47 Å². The van der Waals surface area contributed by atoms with Crippen LogP contribution in [0.1, 0.15) is 37.7 Å². The highest BCUT2D eigenvalue weighted by Crippen LogP contribution is 2.41. The maximum absolute atomic E-state index is 12.5. The Hall–Kier alpha value is -2.03. The molecule has 0 radical (unpaired) electrons. The van der Waals surface area contributed by atoms with Crippen LogP contribution in [0.25, 0.3) is 11.1 Å². The molecule has 2 aliphatic heterocycles. The highest BCUT2D eigenvalue weighted by Gasteiger charge is 2.42. The fourth-order valence-corrected chi connectivity index (χ4v) is 4.71. The van der Waals surface area contributed by atoms with Gasteiger partial charge in [-0.25, -0.2) is 4.98 Å². The van der Waals surface area contributed by atoms with Crippen LogP contribution in [0, 0.1) is 0 Å². The SMILES string of the molecule is FC(F)(F)COc1cc(-c2ccc3c(c2)COC2(CCN(C4CCC4)CC2)O3)c(Cl)cn1. The van der Waals surface area contributed by atoms with Crippen molar-refractivity contribution in [1.29, 1.82) is 0 Å². The zero-order valence-corrected chi connectivity index (χ0v) is 18.2. The number of rotatable bonds is 4. The van der Waals surface area contributed by atoms with Gasteiger partial charge in [0.2, 0.25) is 11.7 Å². The van der Waals surface area contributed by atoms with Gasteiger partial charge in [-0.15, -0.1) is 0 Å². The second-order valence-corrected chi connectivity index (χ2v) is 9.06. The van der Waals surface area contributed by atoms with Crippen molar-refractivity contribution in [2.24, 2.45) is 0 Å². The first-order valence-corrected chi connectivity index (χ1v) is 11.2. The molecule has 2 fully saturated rings. The summed E-state index contributed by atoms with van der Waals surface area (Å²) >= 11 is 6.27. The molecule has 1 saturated carbocycles. The van der Waals surface area contributed by atoms with Crippen molar-refractivity contribution in [2.75, 3.05) is 19.7 Å². The molecule has 0 amide bonds.